The monoisotopic (exact) mass is 850 g/mol. The van der Waals surface area contributed by atoms with Crippen LogP contribution in [0.25, 0.3) is 0 Å². The van der Waals surface area contributed by atoms with Crippen molar-refractivity contribution >= 4 is 56.6 Å². The molecule has 0 bridgehead atoms. The van der Waals surface area contributed by atoms with E-state index in [9.17, 15) is 36.3 Å². The Morgan fingerprint density at radius 3 is 2.40 bits per heavy atom. The van der Waals surface area contributed by atoms with Crippen LogP contribution in [0, 0.1) is 11.7 Å². The van der Waals surface area contributed by atoms with Crippen LogP contribution in [-0.4, -0.2) is 97.7 Å². The van der Waals surface area contributed by atoms with Gasteiger partial charge in [0, 0.05) is 64.5 Å². The second kappa shape index (κ2) is 16.9. The van der Waals surface area contributed by atoms with E-state index in [1.807, 2.05) is 4.90 Å². The highest BCUT2D eigenvalue weighted by Crippen LogP contribution is 2.38. The number of nitrogens with zero attached hydrogens (tertiary/aromatic N) is 5. The molecule has 58 heavy (non-hydrogen) atoms. The smallest absolute Gasteiger partial charge is 0.388 e. The fourth-order valence-corrected chi connectivity index (χ4v) is 10.1. The fraction of sp³-hybridized carbons (Fsp3) is 0.538. The lowest BCUT2D eigenvalue weighted by molar-refractivity contribution is -0.138. The summed E-state index contributed by atoms with van der Waals surface area (Å²) >= 11 is 6.48. The van der Waals surface area contributed by atoms with Gasteiger partial charge in [0.2, 0.25) is 27.8 Å². The quantitative estimate of drug-likeness (QED) is 0.149. The minimum absolute atomic E-state index is 0.00427. The highest BCUT2D eigenvalue weighted by Gasteiger charge is 2.39. The van der Waals surface area contributed by atoms with Crippen molar-refractivity contribution in [3.63, 3.8) is 0 Å². The summed E-state index contributed by atoms with van der Waals surface area (Å²) in [7, 11) is -3.95. The van der Waals surface area contributed by atoms with Crippen LogP contribution in [0.5, 0.6) is 0 Å². The summed E-state index contributed by atoms with van der Waals surface area (Å²) in [5.41, 5.74) is -0.965. The second-order valence-electron chi connectivity index (χ2n) is 16.1. The van der Waals surface area contributed by atoms with Crippen LogP contribution in [-0.2, 0) is 25.8 Å². The van der Waals surface area contributed by atoms with E-state index in [-0.39, 0.29) is 58.8 Å². The van der Waals surface area contributed by atoms with E-state index >= 15 is 4.39 Å². The number of hydrogen-bond donors (Lipinski definition) is 4. The van der Waals surface area contributed by atoms with Gasteiger partial charge >= 0.3 is 6.18 Å². The molecule has 314 valence electrons. The van der Waals surface area contributed by atoms with Crippen molar-refractivity contribution in [2.45, 2.75) is 86.9 Å². The standard InChI is InChI=1S/C39H47ClF4N8O5S/c1-38(55)13-2-14-52(23-38)35-29(39(42,43)44)21-45-37(48-35)46-32-10-8-27(20-30(32)40)58(56,57)49-26-6-3-24(4-7-26)22-50-15-17-51(18-16-50)33-11-5-25(19-31(33)41)28-9-12-34(53)47-36(28)54/h5,8,10-11,19-21,24,26,28,49,55H,2-4,6-7,9,12-18,22-23H2,1H3,(H,45,46,48)(H,47,53,54)/t24?,26?,28?,38-/m0/s1. The van der Waals surface area contributed by atoms with Gasteiger partial charge in [0.05, 0.1) is 32.8 Å². The number of benzene rings is 2. The minimum Gasteiger partial charge on any atom is -0.388 e. The molecule has 3 aromatic rings. The van der Waals surface area contributed by atoms with Crippen molar-refractivity contribution < 1.29 is 40.7 Å². The number of imide groups is 1. The van der Waals surface area contributed by atoms with Crippen molar-refractivity contribution in [1.29, 1.82) is 0 Å². The Balaban J connectivity index is 0.892. The van der Waals surface area contributed by atoms with Gasteiger partial charge in [-0.3, -0.25) is 19.8 Å². The number of anilines is 4. The molecular formula is C39H47ClF4N8O5S. The van der Waals surface area contributed by atoms with Crippen LogP contribution in [0.1, 0.15) is 75.3 Å². The van der Waals surface area contributed by atoms with Crippen LogP contribution in [0.15, 0.2) is 47.5 Å². The Bertz CT molecular complexity index is 2130. The summed E-state index contributed by atoms with van der Waals surface area (Å²) in [4.78, 5) is 37.4. The molecule has 3 aliphatic heterocycles. The lowest BCUT2D eigenvalue weighted by atomic mass is 9.86. The van der Waals surface area contributed by atoms with Crippen molar-refractivity contribution in [3.05, 3.63) is 64.6 Å². The van der Waals surface area contributed by atoms with Crippen molar-refractivity contribution in [2.75, 3.05) is 60.9 Å². The molecule has 4 N–H and O–H groups in total. The zero-order valence-electron chi connectivity index (χ0n) is 32.0. The molecule has 1 aliphatic carbocycles. The number of piperidine rings is 2. The summed E-state index contributed by atoms with van der Waals surface area (Å²) in [6, 6.07) is 8.64. The molecule has 4 heterocycles. The molecule has 0 spiro atoms. The third kappa shape index (κ3) is 9.84. The number of hydrogen-bond acceptors (Lipinski definition) is 11. The maximum Gasteiger partial charge on any atom is 0.421 e. The maximum absolute atomic E-state index is 15.2. The number of aliphatic hydroxyl groups is 1. The summed E-state index contributed by atoms with van der Waals surface area (Å²) in [5.74, 6) is -1.80. The predicted octanol–water partition coefficient (Wildman–Crippen LogP) is 5.56. The van der Waals surface area contributed by atoms with E-state index in [4.69, 9.17) is 11.6 Å². The van der Waals surface area contributed by atoms with E-state index in [0.29, 0.717) is 68.6 Å². The molecular weight excluding hydrogens is 804 g/mol. The van der Waals surface area contributed by atoms with Gasteiger partial charge in [-0.05, 0) is 93.7 Å². The molecule has 13 nitrogen and oxygen atoms in total. The first-order chi connectivity index (χ1) is 27.4. The number of piperazine rings is 1. The molecule has 2 amide bonds. The first-order valence-electron chi connectivity index (χ1n) is 19.5. The molecule has 1 aromatic heterocycles. The van der Waals surface area contributed by atoms with Crippen molar-refractivity contribution in [3.8, 4) is 0 Å². The third-order valence-corrected chi connectivity index (χ3v) is 13.4. The highest BCUT2D eigenvalue weighted by atomic mass is 35.5. The molecule has 4 fully saturated rings. The Hall–Kier alpha value is -4.10. The van der Waals surface area contributed by atoms with Gasteiger partial charge in [-0.1, -0.05) is 17.7 Å². The number of rotatable bonds is 10. The van der Waals surface area contributed by atoms with E-state index in [2.05, 4.69) is 30.2 Å². The van der Waals surface area contributed by atoms with Gasteiger partial charge in [-0.25, -0.2) is 22.5 Å². The largest absolute Gasteiger partial charge is 0.421 e. The molecule has 1 saturated carbocycles. The zero-order valence-corrected chi connectivity index (χ0v) is 33.6. The Labute approximate surface area is 339 Å². The minimum atomic E-state index is -4.73. The summed E-state index contributed by atoms with van der Waals surface area (Å²) in [5, 5.41) is 15.7. The molecule has 4 aliphatic rings. The lowest BCUT2D eigenvalue weighted by Gasteiger charge is -2.39. The highest BCUT2D eigenvalue weighted by molar-refractivity contribution is 7.89. The average molecular weight is 851 g/mol. The topological polar surface area (TPSA) is 160 Å². The number of β-amino-alcohol motifs (C(OH)–C–C–N with tert-alkyl or cyclic N) is 1. The molecule has 19 heteroatoms. The number of carbonyl (C=O) groups is 2. The van der Waals surface area contributed by atoms with Gasteiger partial charge in [0.15, 0.2) is 0 Å². The van der Waals surface area contributed by atoms with Crippen molar-refractivity contribution in [1.82, 2.24) is 24.9 Å². The Kier molecular flexibility index (Phi) is 12.2. The van der Waals surface area contributed by atoms with Crippen molar-refractivity contribution in [2.24, 2.45) is 5.92 Å². The third-order valence-electron chi connectivity index (χ3n) is 11.6. The number of nitrogens with one attached hydrogen (secondary N) is 3. The average Bonchev–Trinajstić information content (AvgIpc) is 3.16. The Morgan fingerprint density at radius 1 is 1.00 bits per heavy atom. The van der Waals surface area contributed by atoms with Crippen LogP contribution in [0.4, 0.5) is 40.7 Å². The van der Waals surface area contributed by atoms with E-state index in [0.717, 1.165) is 32.5 Å². The normalized spacial score (nSPS) is 25.1. The molecule has 0 radical (unpaired) electrons. The fourth-order valence-electron chi connectivity index (χ4n) is 8.45. The van der Waals surface area contributed by atoms with E-state index in [1.54, 1.807) is 19.1 Å². The van der Waals surface area contributed by atoms with Crippen LogP contribution in [0.2, 0.25) is 5.02 Å². The van der Waals surface area contributed by atoms with E-state index in [1.165, 1.54) is 29.2 Å². The molecule has 1 unspecified atom stereocenters. The maximum atomic E-state index is 15.2. The lowest BCUT2D eigenvalue weighted by Crippen LogP contribution is -2.48. The predicted molar refractivity (Wildman–Crippen MR) is 210 cm³/mol. The number of amides is 2. The zero-order chi connectivity index (χ0) is 41.4. The van der Waals surface area contributed by atoms with E-state index < -0.39 is 45.0 Å². The number of sulfonamides is 1. The van der Waals surface area contributed by atoms with Gasteiger partial charge in [0.25, 0.3) is 0 Å². The number of alkyl halides is 3. The van der Waals surface area contributed by atoms with Gasteiger partial charge in [0.1, 0.15) is 17.2 Å². The number of halogens is 5. The van der Waals surface area contributed by atoms with Crippen LogP contribution in [0.3, 0.4) is 0 Å². The first kappa shape index (κ1) is 42.0. The summed E-state index contributed by atoms with van der Waals surface area (Å²) < 4.78 is 86.5. The van der Waals surface area contributed by atoms with Gasteiger partial charge in [-0.15, -0.1) is 0 Å². The Morgan fingerprint density at radius 2 is 1.74 bits per heavy atom. The summed E-state index contributed by atoms with van der Waals surface area (Å²) in [6.07, 6.45) is 0.439. The molecule has 2 atom stereocenters. The second-order valence-corrected chi connectivity index (χ2v) is 18.2. The van der Waals surface area contributed by atoms with Crippen LogP contribution >= 0.6 is 11.6 Å². The molecule has 3 saturated heterocycles. The summed E-state index contributed by atoms with van der Waals surface area (Å²) in [6.45, 7) is 5.44. The first-order valence-corrected chi connectivity index (χ1v) is 21.4. The molecule has 2 aromatic carbocycles. The number of carbonyl (C=O) groups excluding carboxylic acids is 2. The van der Waals surface area contributed by atoms with Gasteiger partial charge < -0.3 is 20.2 Å². The SMILES string of the molecule is C[C@]1(O)CCCN(c2nc(Nc3ccc(S(=O)(=O)NC4CCC(CN5CCN(c6ccc(C7CCC(=O)NC7=O)cc6F)CC5)CC4)cc3Cl)ncc2C(F)(F)F)C1. The number of aromatic nitrogens is 2. The molecule has 7 rings (SSSR count). The van der Waals surface area contributed by atoms with Gasteiger partial charge in [-0.2, -0.15) is 18.2 Å². The van der Waals surface area contributed by atoms with Crippen LogP contribution < -0.4 is 25.2 Å².